The Balaban J connectivity index is 2.26. The Hall–Kier alpha value is -2.28. The topological polar surface area (TPSA) is 99.9 Å². The third kappa shape index (κ3) is 2.45. The lowest BCUT2D eigenvalue weighted by Crippen LogP contribution is -2.03. The molecule has 1 aromatic carbocycles. The van der Waals surface area contributed by atoms with Crippen LogP contribution in [0, 0.1) is 10.1 Å². The molecule has 2 rings (SSSR count). The zero-order chi connectivity index (χ0) is 12.3. The molecule has 0 atom stereocenters. The quantitative estimate of drug-likeness (QED) is 0.618. The lowest BCUT2D eigenvalue weighted by atomic mass is 10.2. The van der Waals surface area contributed by atoms with Crippen molar-refractivity contribution >= 4 is 5.69 Å². The summed E-state index contributed by atoms with van der Waals surface area (Å²) in [6, 6.07) is 6.55. The van der Waals surface area contributed by atoms with Gasteiger partial charge in [0.15, 0.2) is 0 Å². The van der Waals surface area contributed by atoms with Crippen molar-refractivity contribution in [3.05, 3.63) is 51.8 Å². The van der Waals surface area contributed by atoms with Gasteiger partial charge in [0.1, 0.15) is 0 Å². The first-order valence-electron chi connectivity index (χ1n) is 5.02. The van der Waals surface area contributed by atoms with Gasteiger partial charge in [-0.05, 0) is 0 Å². The molecule has 88 valence electrons. The van der Waals surface area contributed by atoms with E-state index in [0.29, 0.717) is 24.3 Å². The highest BCUT2D eigenvalue weighted by atomic mass is 16.6. The first-order chi connectivity index (χ1) is 8.20. The van der Waals surface area contributed by atoms with E-state index >= 15 is 0 Å². The summed E-state index contributed by atoms with van der Waals surface area (Å²) in [5.74, 6) is 0. The molecule has 0 aliphatic carbocycles. The van der Waals surface area contributed by atoms with Crippen LogP contribution in [0.3, 0.4) is 0 Å². The Morgan fingerprint density at radius 3 is 2.82 bits per heavy atom. The standard InChI is InChI=1S/C10H11N5O2/c11-5-9-7-14(13-12-9)6-8-3-1-2-4-10(8)15(16)17/h1-4,7H,5-6,11H2. The summed E-state index contributed by atoms with van der Waals surface area (Å²) >= 11 is 0. The number of aromatic nitrogens is 3. The SMILES string of the molecule is NCc1cn(Cc2ccccc2[N+](=O)[O-])nn1. The molecule has 7 heteroatoms. The van der Waals surface area contributed by atoms with Gasteiger partial charge in [-0.2, -0.15) is 0 Å². The number of nitrogens with zero attached hydrogens (tertiary/aromatic N) is 4. The number of benzene rings is 1. The van der Waals surface area contributed by atoms with E-state index in [4.69, 9.17) is 5.73 Å². The maximum atomic E-state index is 10.8. The summed E-state index contributed by atoms with van der Waals surface area (Å²) < 4.78 is 1.53. The zero-order valence-electron chi connectivity index (χ0n) is 8.98. The van der Waals surface area contributed by atoms with Crippen molar-refractivity contribution in [3.63, 3.8) is 0 Å². The second kappa shape index (κ2) is 4.71. The van der Waals surface area contributed by atoms with Gasteiger partial charge in [-0.1, -0.05) is 23.4 Å². The molecule has 0 saturated carbocycles. The number of para-hydroxylation sites is 1. The van der Waals surface area contributed by atoms with Crippen molar-refractivity contribution in [2.75, 3.05) is 0 Å². The molecule has 0 bridgehead atoms. The molecule has 0 radical (unpaired) electrons. The monoisotopic (exact) mass is 233 g/mol. The van der Waals surface area contributed by atoms with E-state index in [2.05, 4.69) is 10.3 Å². The largest absolute Gasteiger partial charge is 0.325 e. The van der Waals surface area contributed by atoms with Crippen LogP contribution >= 0.6 is 0 Å². The molecule has 0 amide bonds. The normalized spacial score (nSPS) is 10.4. The second-order valence-electron chi connectivity index (χ2n) is 3.50. The fraction of sp³-hybridized carbons (Fsp3) is 0.200. The van der Waals surface area contributed by atoms with Crippen LogP contribution in [0.1, 0.15) is 11.3 Å². The first-order valence-corrected chi connectivity index (χ1v) is 5.02. The fourth-order valence-corrected chi connectivity index (χ4v) is 1.51. The Morgan fingerprint density at radius 1 is 1.41 bits per heavy atom. The number of rotatable bonds is 4. The lowest BCUT2D eigenvalue weighted by Gasteiger charge is -2.01. The average Bonchev–Trinajstić information content (AvgIpc) is 2.77. The number of hydrogen-bond donors (Lipinski definition) is 1. The van der Waals surface area contributed by atoms with Crippen LogP contribution in [0.5, 0.6) is 0 Å². The van der Waals surface area contributed by atoms with E-state index < -0.39 is 4.92 Å². The summed E-state index contributed by atoms with van der Waals surface area (Å²) in [6.45, 7) is 0.612. The highest BCUT2D eigenvalue weighted by Gasteiger charge is 2.13. The van der Waals surface area contributed by atoms with Gasteiger partial charge in [-0.25, -0.2) is 4.68 Å². The third-order valence-corrected chi connectivity index (χ3v) is 2.32. The average molecular weight is 233 g/mol. The van der Waals surface area contributed by atoms with Gasteiger partial charge < -0.3 is 5.73 Å². The van der Waals surface area contributed by atoms with E-state index in [0.717, 1.165) is 0 Å². The van der Waals surface area contributed by atoms with E-state index in [1.54, 1.807) is 24.4 Å². The fourth-order valence-electron chi connectivity index (χ4n) is 1.51. The smallest absolute Gasteiger partial charge is 0.274 e. The van der Waals surface area contributed by atoms with Gasteiger partial charge in [-0.3, -0.25) is 10.1 Å². The van der Waals surface area contributed by atoms with E-state index in [9.17, 15) is 10.1 Å². The lowest BCUT2D eigenvalue weighted by molar-refractivity contribution is -0.385. The maximum Gasteiger partial charge on any atom is 0.274 e. The van der Waals surface area contributed by atoms with Crippen LogP contribution in [0.25, 0.3) is 0 Å². The molecule has 0 saturated heterocycles. The van der Waals surface area contributed by atoms with Crippen molar-refractivity contribution in [2.45, 2.75) is 13.1 Å². The number of nitro groups is 1. The molecule has 0 fully saturated rings. The van der Waals surface area contributed by atoms with Crippen LogP contribution in [0.2, 0.25) is 0 Å². The Morgan fingerprint density at radius 2 is 2.18 bits per heavy atom. The Bertz CT molecular complexity index is 537. The van der Waals surface area contributed by atoms with Gasteiger partial charge >= 0.3 is 0 Å². The number of hydrogen-bond acceptors (Lipinski definition) is 5. The number of nitrogens with two attached hydrogens (primary N) is 1. The van der Waals surface area contributed by atoms with Gasteiger partial charge in [0.2, 0.25) is 0 Å². The predicted molar refractivity (Wildman–Crippen MR) is 60.1 cm³/mol. The molecular weight excluding hydrogens is 222 g/mol. The summed E-state index contributed by atoms with van der Waals surface area (Å²) in [4.78, 5) is 10.4. The minimum Gasteiger partial charge on any atom is -0.325 e. The van der Waals surface area contributed by atoms with Crippen LogP contribution in [-0.4, -0.2) is 19.9 Å². The minimum absolute atomic E-state index is 0.0808. The van der Waals surface area contributed by atoms with Gasteiger partial charge in [-0.15, -0.1) is 5.10 Å². The molecule has 17 heavy (non-hydrogen) atoms. The van der Waals surface area contributed by atoms with Gasteiger partial charge in [0, 0.05) is 12.6 Å². The Labute approximate surface area is 97.0 Å². The minimum atomic E-state index is -0.407. The summed E-state index contributed by atoms with van der Waals surface area (Å²) in [6.07, 6.45) is 1.68. The molecule has 0 spiro atoms. The molecule has 0 aliphatic rings. The molecule has 7 nitrogen and oxygen atoms in total. The van der Waals surface area contributed by atoms with Crippen LogP contribution in [0.4, 0.5) is 5.69 Å². The molecule has 0 unspecified atom stereocenters. The molecule has 1 heterocycles. The highest BCUT2D eigenvalue weighted by molar-refractivity contribution is 5.39. The van der Waals surface area contributed by atoms with Gasteiger partial charge in [0.25, 0.3) is 5.69 Å². The number of nitro benzene ring substituents is 1. The molecule has 2 N–H and O–H groups in total. The van der Waals surface area contributed by atoms with Crippen LogP contribution in [-0.2, 0) is 13.1 Å². The third-order valence-electron chi connectivity index (χ3n) is 2.32. The van der Waals surface area contributed by atoms with Crippen molar-refractivity contribution in [1.29, 1.82) is 0 Å². The van der Waals surface area contributed by atoms with Crippen molar-refractivity contribution in [3.8, 4) is 0 Å². The summed E-state index contributed by atoms with van der Waals surface area (Å²) in [7, 11) is 0. The zero-order valence-corrected chi connectivity index (χ0v) is 8.98. The highest BCUT2D eigenvalue weighted by Crippen LogP contribution is 2.18. The second-order valence-corrected chi connectivity index (χ2v) is 3.50. The van der Waals surface area contributed by atoms with Crippen LogP contribution in [0.15, 0.2) is 30.5 Å². The van der Waals surface area contributed by atoms with Gasteiger partial charge in [0.05, 0.1) is 28.9 Å². The van der Waals surface area contributed by atoms with E-state index in [-0.39, 0.29) is 5.69 Å². The Kier molecular flexibility index (Phi) is 3.10. The van der Waals surface area contributed by atoms with Crippen molar-refractivity contribution in [2.24, 2.45) is 5.73 Å². The van der Waals surface area contributed by atoms with Crippen molar-refractivity contribution in [1.82, 2.24) is 15.0 Å². The van der Waals surface area contributed by atoms with E-state index in [1.807, 2.05) is 0 Å². The van der Waals surface area contributed by atoms with Crippen molar-refractivity contribution < 1.29 is 4.92 Å². The predicted octanol–water partition coefficient (Wildman–Crippen LogP) is 0.693. The molecule has 2 aromatic rings. The maximum absolute atomic E-state index is 10.8. The van der Waals surface area contributed by atoms with Crippen LogP contribution < -0.4 is 5.73 Å². The summed E-state index contributed by atoms with van der Waals surface area (Å²) in [5.41, 5.74) is 6.74. The molecule has 1 aromatic heterocycles. The molecule has 0 aliphatic heterocycles. The molecular formula is C10H11N5O2. The van der Waals surface area contributed by atoms with E-state index in [1.165, 1.54) is 10.7 Å². The first kappa shape index (κ1) is 11.2. The summed E-state index contributed by atoms with van der Waals surface area (Å²) in [5, 5.41) is 18.5.